The number of hydrogen-bond acceptors (Lipinski definition) is 2. The summed E-state index contributed by atoms with van der Waals surface area (Å²) < 4.78 is 1.86. The summed E-state index contributed by atoms with van der Waals surface area (Å²) in [6, 6.07) is 7.90. The van der Waals surface area contributed by atoms with Crippen molar-refractivity contribution in [3.63, 3.8) is 0 Å². The van der Waals surface area contributed by atoms with Crippen LogP contribution in [0.25, 0.3) is 11.1 Å². The van der Waals surface area contributed by atoms with Crippen LogP contribution in [0.5, 0.6) is 0 Å². The van der Waals surface area contributed by atoms with Gasteiger partial charge >= 0.3 is 0 Å². The molecule has 90 valence electrons. The summed E-state index contributed by atoms with van der Waals surface area (Å²) in [5, 5.41) is 5.03. The first-order valence-electron chi connectivity index (χ1n) is 5.61. The van der Waals surface area contributed by atoms with Crippen molar-refractivity contribution in [3.8, 4) is 11.1 Å². The van der Waals surface area contributed by atoms with Crippen molar-refractivity contribution < 1.29 is 0 Å². The van der Waals surface area contributed by atoms with Crippen molar-refractivity contribution in [2.75, 3.05) is 0 Å². The highest BCUT2D eigenvalue weighted by atomic mass is 35.5. The summed E-state index contributed by atoms with van der Waals surface area (Å²) >= 11 is 6.21. The molecule has 0 aliphatic rings. The van der Waals surface area contributed by atoms with Gasteiger partial charge < -0.3 is 5.73 Å². The molecule has 4 heteroatoms. The van der Waals surface area contributed by atoms with Gasteiger partial charge in [0.05, 0.1) is 6.20 Å². The molecule has 1 aromatic heterocycles. The maximum absolute atomic E-state index is 6.21. The number of aryl methyl sites for hydroxylation is 1. The minimum Gasteiger partial charge on any atom is -0.328 e. The fourth-order valence-electron chi connectivity index (χ4n) is 1.91. The SMILES string of the molecule is CC(N)Cc1c(-c2ccccc2Cl)cnn1C. The third kappa shape index (κ3) is 2.51. The molecule has 1 unspecified atom stereocenters. The Labute approximate surface area is 106 Å². The van der Waals surface area contributed by atoms with E-state index < -0.39 is 0 Å². The van der Waals surface area contributed by atoms with E-state index in [2.05, 4.69) is 5.10 Å². The predicted molar refractivity (Wildman–Crippen MR) is 71.0 cm³/mol. The number of nitrogens with two attached hydrogens (primary N) is 1. The number of rotatable bonds is 3. The van der Waals surface area contributed by atoms with Gasteiger partial charge in [-0.2, -0.15) is 5.10 Å². The Kier molecular flexibility index (Phi) is 3.50. The summed E-state index contributed by atoms with van der Waals surface area (Å²) in [6.45, 7) is 1.99. The Hall–Kier alpha value is -1.32. The molecule has 0 fully saturated rings. The zero-order valence-corrected chi connectivity index (χ0v) is 10.8. The smallest absolute Gasteiger partial charge is 0.0571 e. The molecule has 2 N–H and O–H groups in total. The van der Waals surface area contributed by atoms with E-state index in [9.17, 15) is 0 Å². The summed E-state index contributed by atoms with van der Waals surface area (Å²) in [5.41, 5.74) is 9.06. The molecule has 1 aromatic carbocycles. The molecule has 0 bridgehead atoms. The number of benzene rings is 1. The Bertz CT molecular complexity index is 517. The molecule has 0 saturated heterocycles. The van der Waals surface area contributed by atoms with E-state index in [-0.39, 0.29) is 6.04 Å². The molecule has 3 nitrogen and oxygen atoms in total. The molecule has 0 saturated carbocycles. The summed E-state index contributed by atoms with van der Waals surface area (Å²) in [4.78, 5) is 0. The van der Waals surface area contributed by atoms with Crippen LogP contribution in [0, 0.1) is 0 Å². The first-order chi connectivity index (χ1) is 8.09. The van der Waals surface area contributed by atoms with Gasteiger partial charge in [-0.25, -0.2) is 0 Å². The number of halogens is 1. The molecule has 2 aromatic rings. The summed E-state index contributed by atoms with van der Waals surface area (Å²) in [7, 11) is 1.93. The molecule has 1 atom stereocenters. The largest absolute Gasteiger partial charge is 0.328 e. The normalized spacial score (nSPS) is 12.7. The van der Waals surface area contributed by atoms with Crippen molar-refractivity contribution in [1.29, 1.82) is 0 Å². The lowest BCUT2D eigenvalue weighted by molar-refractivity contribution is 0.651. The molecule has 0 amide bonds. The second-order valence-electron chi connectivity index (χ2n) is 4.29. The van der Waals surface area contributed by atoms with Gasteiger partial charge in [0.1, 0.15) is 0 Å². The van der Waals surface area contributed by atoms with Gasteiger partial charge in [-0.3, -0.25) is 4.68 Å². The Morgan fingerprint density at radius 1 is 1.35 bits per heavy atom. The number of nitrogens with zero attached hydrogens (tertiary/aromatic N) is 2. The van der Waals surface area contributed by atoms with Gasteiger partial charge in [0.25, 0.3) is 0 Å². The molecule has 1 heterocycles. The zero-order valence-electron chi connectivity index (χ0n) is 10.0. The van der Waals surface area contributed by atoms with Gasteiger partial charge in [0.15, 0.2) is 0 Å². The van der Waals surface area contributed by atoms with Gasteiger partial charge in [-0.15, -0.1) is 0 Å². The third-order valence-corrected chi connectivity index (χ3v) is 3.07. The second kappa shape index (κ2) is 4.90. The highest BCUT2D eigenvalue weighted by Gasteiger charge is 2.13. The van der Waals surface area contributed by atoms with Crippen molar-refractivity contribution >= 4 is 11.6 Å². The van der Waals surface area contributed by atoms with Gasteiger partial charge in [-0.1, -0.05) is 29.8 Å². The lowest BCUT2D eigenvalue weighted by Gasteiger charge is -2.10. The average Bonchev–Trinajstić information content (AvgIpc) is 2.61. The van der Waals surface area contributed by atoms with Crippen LogP contribution >= 0.6 is 11.6 Å². The van der Waals surface area contributed by atoms with Crippen molar-refractivity contribution in [2.45, 2.75) is 19.4 Å². The topological polar surface area (TPSA) is 43.8 Å². The highest BCUT2D eigenvalue weighted by Crippen LogP contribution is 2.30. The molecular weight excluding hydrogens is 234 g/mol. The monoisotopic (exact) mass is 249 g/mol. The molecule has 2 rings (SSSR count). The lowest BCUT2D eigenvalue weighted by Crippen LogP contribution is -2.20. The summed E-state index contributed by atoms with van der Waals surface area (Å²) in [6.07, 6.45) is 2.63. The van der Waals surface area contributed by atoms with Crippen LogP contribution in [-0.4, -0.2) is 15.8 Å². The number of hydrogen-bond donors (Lipinski definition) is 1. The van der Waals surface area contributed by atoms with E-state index in [0.29, 0.717) is 0 Å². The first kappa shape index (κ1) is 12.1. The van der Waals surface area contributed by atoms with Gasteiger partial charge in [0.2, 0.25) is 0 Å². The van der Waals surface area contributed by atoms with Crippen LogP contribution in [0.4, 0.5) is 0 Å². The summed E-state index contributed by atoms with van der Waals surface area (Å²) in [5.74, 6) is 0. The fraction of sp³-hybridized carbons (Fsp3) is 0.308. The van der Waals surface area contributed by atoms with Crippen molar-refractivity contribution in [1.82, 2.24) is 9.78 Å². The van der Waals surface area contributed by atoms with Gasteiger partial charge in [-0.05, 0) is 13.0 Å². The maximum atomic E-state index is 6.21. The maximum Gasteiger partial charge on any atom is 0.0571 e. The molecule has 17 heavy (non-hydrogen) atoms. The van der Waals surface area contributed by atoms with Crippen LogP contribution in [0.2, 0.25) is 5.02 Å². The predicted octanol–water partition coefficient (Wildman–Crippen LogP) is 2.63. The molecule has 0 aliphatic carbocycles. The first-order valence-corrected chi connectivity index (χ1v) is 5.98. The lowest BCUT2D eigenvalue weighted by atomic mass is 10.0. The highest BCUT2D eigenvalue weighted by molar-refractivity contribution is 6.33. The van der Waals surface area contributed by atoms with Crippen molar-refractivity contribution in [2.24, 2.45) is 12.8 Å². The Balaban J connectivity index is 2.49. The second-order valence-corrected chi connectivity index (χ2v) is 4.70. The molecule has 0 radical (unpaired) electrons. The zero-order chi connectivity index (χ0) is 12.4. The van der Waals surface area contributed by atoms with Crippen LogP contribution in [0.1, 0.15) is 12.6 Å². The number of aromatic nitrogens is 2. The van der Waals surface area contributed by atoms with Crippen LogP contribution < -0.4 is 5.73 Å². The molecular formula is C13H16ClN3. The average molecular weight is 250 g/mol. The quantitative estimate of drug-likeness (QED) is 0.909. The van der Waals surface area contributed by atoms with Gasteiger partial charge in [0, 0.05) is 41.4 Å². The van der Waals surface area contributed by atoms with E-state index in [1.54, 1.807) is 0 Å². The fourth-order valence-corrected chi connectivity index (χ4v) is 2.15. The Morgan fingerprint density at radius 2 is 2.06 bits per heavy atom. The Morgan fingerprint density at radius 3 is 2.71 bits per heavy atom. The van der Waals surface area contributed by atoms with Crippen LogP contribution in [0.15, 0.2) is 30.5 Å². The van der Waals surface area contributed by atoms with E-state index in [0.717, 1.165) is 28.3 Å². The molecule has 0 aliphatic heterocycles. The van der Waals surface area contributed by atoms with Crippen LogP contribution in [0.3, 0.4) is 0 Å². The minimum atomic E-state index is 0.103. The van der Waals surface area contributed by atoms with E-state index >= 15 is 0 Å². The third-order valence-electron chi connectivity index (χ3n) is 2.74. The standard InChI is InChI=1S/C13H16ClN3/c1-9(15)7-13-11(8-16-17(13)2)10-5-3-4-6-12(10)14/h3-6,8-9H,7,15H2,1-2H3. The van der Waals surface area contributed by atoms with E-state index in [1.807, 2.05) is 49.1 Å². The molecule has 0 spiro atoms. The van der Waals surface area contributed by atoms with E-state index in [4.69, 9.17) is 17.3 Å². The van der Waals surface area contributed by atoms with Crippen LogP contribution in [-0.2, 0) is 13.5 Å². The van der Waals surface area contributed by atoms with E-state index in [1.165, 1.54) is 0 Å². The van der Waals surface area contributed by atoms with Crippen molar-refractivity contribution in [3.05, 3.63) is 41.2 Å². The minimum absolute atomic E-state index is 0.103.